The topological polar surface area (TPSA) is 82.5 Å². The lowest BCUT2D eigenvalue weighted by Crippen LogP contribution is -2.48. The number of fused-ring (bicyclic) bond motifs is 1. The number of rotatable bonds is 4. The Hall–Kier alpha value is -3.05. The first-order chi connectivity index (χ1) is 15.5. The summed E-state index contributed by atoms with van der Waals surface area (Å²) in [6.45, 7) is 5.05. The third-order valence-electron chi connectivity index (χ3n) is 6.07. The zero-order valence-electron chi connectivity index (χ0n) is 17.9. The van der Waals surface area contributed by atoms with Gasteiger partial charge in [-0.05, 0) is 17.7 Å². The molecule has 1 N–H and O–H groups in total. The van der Waals surface area contributed by atoms with Crippen molar-refractivity contribution < 1.29 is 13.5 Å². The van der Waals surface area contributed by atoms with Gasteiger partial charge in [0, 0.05) is 52.9 Å². The molecule has 0 unspecified atom stereocenters. The van der Waals surface area contributed by atoms with Gasteiger partial charge in [0.25, 0.3) is 5.56 Å². The molecule has 2 aliphatic heterocycles. The van der Waals surface area contributed by atoms with Gasteiger partial charge in [0.15, 0.2) is 5.65 Å². The molecule has 5 rings (SSSR count). The molecule has 9 nitrogen and oxygen atoms in total. The molecule has 0 amide bonds. The SMILES string of the molecule is Cn1ncc2c(=O)[nH]c(N3CCN(c4c(F)cc(CN5CCOCC5)cc4F)CC3)nc21. The van der Waals surface area contributed by atoms with Crippen LogP contribution in [0.25, 0.3) is 11.0 Å². The quantitative estimate of drug-likeness (QED) is 0.644. The lowest BCUT2D eigenvalue weighted by Gasteiger charge is -2.36. The van der Waals surface area contributed by atoms with Gasteiger partial charge < -0.3 is 14.5 Å². The van der Waals surface area contributed by atoms with Gasteiger partial charge in [-0.25, -0.2) is 8.78 Å². The van der Waals surface area contributed by atoms with Crippen molar-refractivity contribution in [1.29, 1.82) is 0 Å². The van der Waals surface area contributed by atoms with Gasteiger partial charge >= 0.3 is 0 Å². The van der Waals surface area contributed by atoms with Crippen LogP contribution in [0.4, 0.5) is 20.4 Å². The number of aryl methyl sites for hydroxylation is 1. The van der Waals surface area contributed by atoms with Crippen LogP contribution in [0, 0.1) is 11.6 Å². The number of piperazine rings is 1. The first-order valence-electron chi connectivity index (χ1n) is 10.7. The molecule has 11 heteroatoms. The van der Waals surface area contributed by atoms with Crippen molar-refractivity contribution in [2.24, 2.45) is 7.05 Å². The van der Waals surface area contributed by atoms with Crippen LogP contribution >= 0.6 is 0 Å². The summed E-state index contributed by atoms with van der Waals surface area (Å²) in [4.78, 5) is 25.3. The van der Waals surface area contributed by atoms with E-state index in [-0.39, 0.29) is 11.2 Å². The monoisotopic (exact) mass is 445 g/mol. The predicted octanol–water partition coefficient (Wildman–Crippen LogP) is 1.09. The van der Waals surface area contributed by atoms with Gasteiger partial charge in [0.05, 0.1) is 19.4 Å². The maximum Gasteiger partial charge on any atom is 0.263 e. The van der Waals surface area contributed by atoms with Gasteiger partial charge in [0.1, 0.15) is 22.7 Å². The Bertz CT molecular complexity index is 1160. The maximum atomic E-state index is 14.9. The van der Waals surface area contributed by atoms with Crippen LogP contribution in [0.15, 0.2) is 23.1 Å². The predicted molar refractivity (Wildman–Crippen MR) is 116 cm³/mol. The number of anilines is 2. The molecule has 32 heavy (non-hydrogen) atoms. The molecule has 170 valence electrons. The molecule has 2 saturated heterocycles. The average molecular weight is 445 g/mol. The largest absolute Gasteiger partial charge is 0.379 e. The molecule has 4 heterocycles. The number of nitrogens with one attached hydrogen (secondary N) is 1. The highest BCUT2D eigenvalue weighted by Gasteiger charge is 2.25. The highest BCUT2D eigenvalue weighted by molar-refractivity contribution is 5.74. The Morgan fingerprint density at radius 1 is 1.03 bits per heavy atom. The first kappa shape index (κ1) is 20.8. The van der Waals surface area contributed by atoms with Gasteiger partial charge in [-0.1, -0.05) is 0 Å². The van der Waals surface area contributed by atoms with Gasteiger partial charge in [0.2, 0.25) is 5.95 Å². The van der Waals surface area contributed by atoms with E-state index in [0.29, 0.717) is 68.5 Å². The summed E-state index contributed by atoms with van der Waals surface area (Å²) < 4.78 is 36.7. The number of aromatic amines is 1. The Balaban J connectivity index is 1.30. The van der Waals surface area contributed by atoms with Crippen molar-refractivity contribution in [3.8, 4) is 0 Å². The minimum Gasteiger partial charge on any atom is -0.379 e. The van der Waals surface area contributed by atoms with E-state index in [4.69, 9.17) is 4.74 Å². The molecule has 1 aromatic carbocycles. The number of aromatic nitrogens is 4. The van der Waals surface area contributed by atoms with E-state index in [1.165, 1.54) is 18.3 Å². The maximum absolute atomic E-state index is 14.9. The molecule has 2 aliphatic rings. The first-order valence-corrected chi connectivity index (χ1v) is 10.7. The van der Waals surface area contributed by atoms with E-state index in [0.717, 1.165) is 13.1 Å². The van der Waals surface area contributed by atoms with Crippen LogP contribution in [-0.2, 0) is 18.3 Å². The smallest absolute Gasteiger partial charge is 0.263 e. The number of halogens is 2. The summed E-state index contributed by atoms with van der Waals surface area (Å²) in [5.41, 5.74) is 0.863. The number of hydrogen-bond donors (Lipinski definition) is 1. The van der Waals surface area contributed by atoms with Gasteiger partial charge in [-0.3, -0.25) is 19.4 Å². The molecule has 0 spiro atoms. The summed E-state index contributed by atoms with van der Waals surface area (Å²) in [5, 5.41) is 4.50. The van der Waals surface area contributed by atoms with Crippen molar-refractivity contribution in [3.63, 3.8) is 0 Å². The van der Waals surface area contributed by atoms with Crippen LogP contribution in [0.1, 0.15) is 5.56 Å². The van der Waals surface area contributed by atoms with Crippen molar-refractivity contribution in [1.82, 2.24) is 24.6 Å². The summed E-state index contributed by atoms with van der Waals surface area (Å²) >= 11 is 0. The molecule has 0 atom stereocenters. The molecular weight excluding hydrogens is 420 g/mol. The van der Waals surface area contributed by atoms with E-state index in [1.54, 1.807) is 16.6 Å². The van der Waals surface area contributed by atoms with E-state index in [2.05, 4.69) is 20.0 Å². The molecular formula is C21H25F2N7O2. The number of nitrogens with zero attached hydrogens (tertiary/aromatic N) is 6. The number of H-pyrrole nitrogens is 1. The van der Waals surface area contributed by atoms with Crippen LogP contribution in [0.5, 0.6) is 0 Å². The summed E-state index contributed by atoms with van der Waals surface area (Å²) in [6.07, 6.45) is 1.48. The van der Waals surface area contributed by atoms with Crippen molar-refractivity contribution >= 4 is 22.7 Å². The van der Waals surface area contributed by atoms with Gasteiger partial charge in [-0.15, -0.1) is 0 Å². The molecule has 2 aromatic heterocycles. The normalized spacial score (nSPS) is 18.0. The minimum absolute atomic E-state index is 0.00100. The second-order valence-electron chi connectivity index (χ2n) is 8.17. The zero-order chi connectivity index (χ0) is 22.2. The van der Waals surface area contributed by atoms with Crippen LogP contribution in [0.2, 0.25) is 0 Å². The van der Waals surface area contributed by atoms with Crippen LogP contribution in [-0.4, -0.2) is 77.1 Å². The van der Waals surface area contributed by atoms with E-state index < -0.39 is 11.6 Å². The Labute approximate surface area is 183 Å². The standard InChI is InChI=1S/C21H25F2N7O2/c1-27-19-15(12-24-27)20(31)26-21(25-19)30-4-2-29(3-5-30)18-16(22)10-14(11-17(18)23)13-28-6-8-32-9-7-28/h10-12H,2-9,13H2,1H3,(H,25,26,31). The van der Waals surface area contributed by atoms with E-state index in [1.807, 2.05) is 4.90 Å². The van der Waals surface area contributed by atoms with E-state index >= 15 is 0 Å². The Morgan fingerprint density at radius 3 is 2.38 bits per heavy atom. The van der Waals surface area contributed by atoms with Gasteiger partial charge in [-0.2, -0.15) is 10.1 Å². The highest BCUT2D eigenvalue weighted by Crippen LogP contribution is 2.27. The Kier molecular flexibility index (Phi) is 5.51. The fourth-order valence-corrected chi connectivity index (χ4v) is 4.34. The van der Waals surface area contributed by atoms with Crippen molar-refractivity contribution in [2.75, 3.05) is 62.3 Å². The average Bonchev–Trinajstić information content (AvgIpc) is 3.16. The lowest BCUT2D eigenvalue weighted by molar-refractivity contribution is 0.0341. The lowest BCUT2D eigenvalue weighted by atomic mass is 10.1. The second-order valence-corrected chi connectivity index (χ2v) is 8.17. The number of benzene rings is 1. The minimum atomic E-state index is -0.551. The molecule has 3 aromatic rings. The second kappa shape index (κ2) is 8.47. The number of morpholine rings is 1. The third kappa shape index (κ3) is 3.93. The van der Waals surface area contributed by atoms with E-state index in [9.17, 15) is 13.6 Å². The molecule has 0 radical (unpaired) electrons. The summed E-state index contributed by atoms with van der Waals surface area (Å²) in [7, 11) is 1.73. The molecule has 2 fully saturated rings. The van der Waals surface area contributed by atoms with Crippen LogP contribution < -0.4 is 15.4 Å². The fourth-order valence-electron chi connectivity index (χ4n) is 4.34. The summed E-state index contributed by atoms with van der Waals surface area (Å²) in [5.74, 6) is -0.665. The molecule has 0 aliphatic carbocycles. The third-order valence-corrected chi connectivity index (χ3v) is 6.07. The fraction of sp³-hybridized carbons (Fsp3) is 0.476. The molecule has 0 bridgehead atoms. The zero-order valence-corrected chi connectivity index (χ0v) is 17.9. The number of ether oxygens (including phenoxy) is 1. The summed E-state index contributed by atoms with van der Waals surface area (Å²) in [6, 6.07) is 2.85. The molecule has 0 saturated carbocycles. The van der Waals surface area contributed by atoms with Crippen molar-refractivity contribution in [3.05, 3.63) is 45.9 Å². The van der Waals surface area contributed by atoms with Crippen LogP contribution in [0.3, 0.4) is 0 Å². The Morgan fingerprint density at radius 2 is 1.69 bits per heavy atom. The number of hydrogen-bond acceptors (Lipinski definition) is 7. The highest BCUT2D eigenvalue weighted by atomic mass is 19.1. The van der Waals surface area contributed by atoms with Crippen molar-refractivity contribution in [2.45, 2.75) is 6.54 Å².